The zero-order chi connectivity index (χ0) is 25.1. The van der Waals surface area contributed by atoms with Crippen LogP contribution < -0.4 is 10.9 Å². The first kappa shape index (κ1) is 24.2. The van der Waals surface area contributed by atoms with E-state index in [0.29, 0.717) is 21.4 Å². The zero-order valence-corrected chi connectivity index (χ0v) is 20.3. The Morgan fingerprint density at radius 3 is 2.37 bits per heavy atom. The summed E-state index contributed by atoms with van der Waals surface area (Å²) in [5.74, 6) is -1.01. The van der Waals surface area contributed by atoms with Crippen molar-refractivity contribution >= 4 is 40.1 Å². The van der Waals surface area contributed by atoms with E-state index < -0.39 is 18.0 Å². The number of esters is 1. The Morgan fingerprint density at radius 2 is 1.74 bits per heavy atom. The van der Waals surface area contributed by atoms with Gasteiger partial charge in [-0.25, -0.2) is 9.78 Å². The number of carbonyl (C=O) groups is 2. The maximum absolute atomic E-state index is 13.5. The van der Waals surface area contributed by atoms with Crippen LogP contribution in [0.1, 0.15) is 29.4 Å². The van der Waals surface area contributed by atoms with Crippen LogP contribution in [0.25, 0.3) is 21.9 Å². The Balaban J connectivity index is 1.75. The summed E-state index contributed by atoms with van der Waals surface area (Å²) in [5, 5.41) is 4.18. The van der Waals surface area contributed by atoms with Crippen molar-refractivity contribution in [3.05, 3.63) is 93.5 Å². The van der Waals surface area contributed by atoms with Crippen LogP contribution in [0.3, 0.4) is 0 Å². The molecule has 0 bridgehead atoms. The van der Waals surface area contributed by atoms with Crippen LogP contribution in [-0.2, 0) is 16.6 Å². The van der Waals surface area contributed by atoms with Gasteiger partial charge in [-0.05, 0) is 42.5 Å². The Labute approximate surface area is 207 Å². The summed E-state index contributed by atoms with van der Waals surface area (Å²) < 4.78 is 6.93. The molecule has 0 saturated carbocycles. The minimum atomic E-state index is -1.09. The van der Waals surface area contributed by atoms with Gasteiger partial charge >= 0.3 is 5.97 Å². The van der Waals surface area contributed by atoms with Crippen LogP contribution in [0.5, 0.6) is 0 Å². The largest absolute Gasteiger partial charge is 0.448 e. The van der Waals surface area contributed by atoms with E-state index in [-0.39, 0.29) is 23.5 Å². The van der Waals surface area contributed by atoms with E-state index in [1.54, 1.807) is 37.3 Å². The highest BCUT2D eigenvalue weighted by molar-refractivity contribution is 6.30. The van der Waals surface area contributed by atoms with Gasteiger partial charge in [-0.15, -0.1) is 0 Å². The minimum Gasteiger partial charge on any atom is -0.448 e. The predicted molar refractivity (Wildman–Crippen MR) is 137 cm³/mol. The molecule has 0 saturated heterocycles. The van der Waals surface area contributed by atoms with Crippen molar-refractivity contribution in [2.24, 2.45) is 7.05 Å². The fourth-order valence-electron chi connectivity index (χ4n) is 3.88. The van der Waals surface area contributed by atoms with Crippen LogP contribution in [0, 0.1) is 6.92 Å². The quantitative estimate of drug-likeness (QED) is 0.379. The third-order valence-electron chi connectivity index (χ3n) is 5.73. The predicted octanol–water partition coefficient (Wildman–Crippen LogP) is 5.14. The van der Waals surface area contributed by atoms with E-state index in [1.807, 2.05) is 37.3 Å². The van der Waals surface area contributed by atoms with E-state index in [1.165, 1.54) is 17.8 Å². The summed E-state index contributed by atoms with van der Waals surface area (Å²) in [6, 6.07) is 17.9. The first-order chi connectivity index (χ1) is 16.8. The number of ether oxygens (including phenoxy) is 1. The van der Waals surface area contributed by atoms with Crippen molar-refractivity contribution in [1.82, 2.24) is 9.55 Å². The van der Waals surface area contributed by atoms with Gasteiger partial charge in [-0.1, -0.05) is 66.6 Å². The van der Waals surface area contributed by atoms with E-state index >= 15 is 0 Å². The van der Waals surface area contributed by atoms with E-state index in [4.69, 9.17) is 16.3 Å². The summed E-state index contributed by atoms with van der Waals surface area (Å²) in [6.07, 6.45) is 0.544. The number of fused-ring (bicyclic) bond motifs is 1. The van der Waals surface area contributed by atoms with Crippen molar-refractivity contribution in [3.63, 3.8) is 0 Å². The molecule has 0 spiro atoms. The summed E-state index contributed by atoms with van der Waals surface area (Å²) in [4.78, 5) is 43.5. The fraction of sp³-hybridized carbons (Fsp3) is 0.185. The molecule has 35 heavy (non-hydrogen) atoms. The molecule has 2 heterocycles. The molecule has 0 aliphatic carbocycles. The Bertz CT molecular complexity index is 1460. The number of amides is 1. The number of nitrogens with zero attached hydrogens (tertiary/aromatic N) is 2. The number of pyridine rings is 2. The topological polar surface area (TPSA) is 90.3 Å². The molecule has 0 fully saturated rings. The number of aryl methyl sites for hydroxylation is 1. The molecule has 0 aliphatic heterocycles. The Hall–Kier alpha value is -3.97. The molecule has 1 unspecified atom stereocenters. The average molecular weight is 490 g/mol. The van der Waals surface area contributed by atoms with Crippen LogP contribution >= 0.6 is 11.6 Å². The number of anilines is 1. The van der Waals surface area contributed by atoms with E-state index in [0.717, 1.165) is 11.1 Å². The van der Waals surface area contributed by atoms with Gasteiger partial charge in [0.1, 0.15) is 11.5 Å². The molecular weight excluding hydrogens is 466 g/mol. The summed E-state index contributed by atoms with van der Waals surface area (Å²) in [7, 11) is 1.53. The maximum Gasteiger partial charge on any atom is 0.356 e. The zero-order valence-electron chi connectivity index (χ0n) is 19.5. The fourth-order valence-corrected chi connectivity index (χ4v) is 3.99. The third-order valence-corrected chi connectivity index (χ3v) is 5.95. The molecule has 8 heteroatoms. The van der Waals surface area contributed by atoms with Gasteiger partial charge in [0.15, 0.2) is 6.10 Å². The van der Waals surface area contributed by atoms with Gasteiger partial charge in [0.05, 0.1) is 5.02 Å². The first-order valence-corrected chi connectivity index (χ1v) is 11.5. The van der Waals surface area contributed by atoms with Crippen LogP contribution in [0.4, 0.5) is 5.82 Å². The summed E-state index contributed by atoms with van der Waals surface area (Å²) in [5.41, 5.74) is 2.14. The van der Waals surface area contributed by atoms with Crippen LogP contribution in [0.2, 0.25) is 5.02 Å². The lowest BCUT2D eigenvalue weighted by atomic mass is 9.96. The monoisotopic (exact) mass is 489 g/mol. The average Bonchev–Trinajstić information content (AvgIpc) is 2.86. The summed E-state index contributed by atoms with van der Waals surface area (Å²) >= 11 is 5.85. The number of benzene rings is 2. The lowest BCUT2D eigenvalue weighted by Crippen LogP contribution is -2.34. The highest BCUT2D eigenvalue weighted by Gasteiger charge is 2.28. The van der Waals surface area contributed by atoms with Gasteiger partial charge in [0.25, 0.3) is 11.5 Å². The molecule has 0 radical (unpaired) electrons. The summed E-state index contributed by atoms with van der Waals surface area (Å²) in [6.45, 7) is 3.70. The number of hydrogen-bond acceptors (Lipinski definition) is 5. The van der Waals surface area contributed by atoms with E-state index in [2.05, 4.69) is 10.3 Å². The lowest BCUT2D eigenvalue weighted by molar-refractivity contribution is -0.124. The second-order valence-corrected chi connectivity index (χ2v) is 8.59. The van der Waals surface area contributed by atoms with Gasteiger partial charge in [0, 0.05) is 24.2 Å². The van der Waals surface area contributed by atoms with Gasteiger partial charge in [-0.3, -0.25) is 9.59 Å². The molecule has 2 aromatic carbocycles. The van der Waals surface area contributed by atoms with Crippen molar-refractivity contribution in [2.45, 2.75) is 26.4 Å². The maximum atomic E-state index is 13.5. The van der Waals surface area contributed by atoms with Gasteiger partial charge in [-0.2, -0.15) is 0 Å². The normalized spacial score (nSPS) is 11.8. The highest BCUT2D eigenvalue weighted by atomic mass is 35.5. The van der Waals surface area contributed by atoms with E-state index in [9.17, 15) is 14.4 Å². The number of halogens is 1. The van der Waals surface area contributed by atoms with Crippen LogP contribution in [0.15, 0.2) is 71.7 Å². The second-order valence-electron chi connectivity index (χ2n) is 8.15. The molecule has 1 atom stereocenters. The molecule has 0 aliphatic rings. The number of aromatic nitrogens is 2. The standard InChI is InChI=1S/C27H24ClN3O4/c1-4-21(25(32)30-22-14-13-18(28)15-29-22)35-27(34)24-23(17-11-9-16(2)10-12-17)19-7-5-6-8-20(19)26(33)31(24)3/h5-15,21H,4H2,1-3H3,(H,29,30,32). The molecule has 7 nitrogen and oxygen atoms in total. The smallest absolute Gasteiger partial charge is 0.356 e. The first-order valence-electron chi connectivity index (χ1n) is 11.1. The molecule has 178 valence electrons. The third kappa shape index (κ3) is 4.95. The Kier molecular flexibility index (Phi) is 6.98. The van der Waals surface area contributed by atoms with Crippen LogP contribution in [-0.4, -0.2) is 27.5 Å². The second kappa shape index (κ2) is 10.1. The Morgan fingerprint density at radius 1 is 1.06 bits per heavy atom. The number of rotatable bonds is 6. The van der Waals surface area contributed by atoms with Crippen molar-refractivity contribution in [2.75, 3.05) is 5.32 Å². The molecule has 2 aromatic heterocycles. The SMILES string of the molecule is CCC(OC(=O)c1c(-c2ccc(C)cc2)c2ccccc2c(=O)n1C)C(=O)Nc1ccc(Cl)cn1. The molecule has 1 amide bonds. The van der Waals surface area contributed by atoms with Gasteiger partial charge in [0.2, 0.25) is 0 Å². The number of carbonyl (C=O) groups excluding carboxylic acids is 2. The minimum absolute atomic E-state index is 0.0772. The molecule has 4 rings (SSSR count). The number of hydrogen-bond donors (Lipinski definition) is 1. The van der Waals surface area contributed by atoms with Gasteiger partial charge < -0.3 is 14.6 Å². The highest BCUT2D eigenvalue weighted by Crippen LogP contribution is 2.31. The molecule has 1 N–H and O–H groups in total. The number of nitrogens with one attached hydrogen (secondary N) is 1. The lowest BCUT2D eigenvalue weighted by Gasteiger charge is -2.20. The molecular formula is C27H24ClN3O4. The van der Waals surface area contributed by atoms with Crippen molar-refractivity contribution in [1.29, 1.82) is 0 Å². The van der Waals surface area contributed by atoms with Crippen molar-refractivity contribution < 1.29 is 14.3 Å². The van der Waals surface area contributed by atoms with Crippen molar-refractivity contribution in [3.8, 4) is 11.1 Å². The molecule has 4 aromatic rings.